The van der Waals surface area contributed by atoms with E-state index in [1.165, 1.54) is 17.5 Å². The SMILES string of the molecule is Cc1cccc(-n2ncc3c(=O)[nH]c(SCC(=O)Nc4nccs4)nc32)c1. The smallest absolute Gasteiger partial charge is 0.262 e. The lowest BCUT2D eigenvalue weighted by atomic mass is 10.2. The topological polar surface area (TPSA) is 106 Å². The minimum Gasteiger partial charge on any atom is -0.301 e. The van der Waals surface area contributed by atoms with Gasteiger partial charge in [-0.3, -0.25) is 9.59 Å². The maximum absolute atomic E-state index is 12.3. The molecule has 0 spiro atoms. The van der Waals surface area contributed by atoms with Gasteiger partial charge in [0.15, 0.2) is 15.9 Å². The quantitative estimate of drug-likeness (QED) is 0.395. The molecular formula is C17H14N6O2S2. The molecule has 0 atom stereocenters. The maximum Gasteiger partial charge on any atom is 0.262 e. The highest BCUT2D eigenvalue weighted by Crippen LogP contribution is 2.19. The molecule has 0 saturated heterocycles. The first-order valence-corrected chi connectivity index (χ1v) is 9.84. The molecule has 4 aromatic rings. The van der Waals surface area contributed by atoms with Crippen molar-refractivity contribution in [3.8, 4) is 5.69 Å². The molecular weight excluding hydrogens is 384 g/mol. The van der Waals surface area contributed by atoms with Gasteiger partial charge in [-0.05, 0) is 24.6 Å². The number of H-pyrrole nitrogens is 1. The molecule has 0 radical (unpaired) electrons. The van der Waals surface area contributed by atoms with Crippen LogP contribution in [0.2, 0.25) is 0 Å². The third-order valence-electron chi connectivity index (χ3n) is 3.68. The Bertz CT molecular complexity index is 1170. The minimum absolute atomic E-state index is 0.104. The second kappa shape index (κ2) is 7.33. The highest BCUT2D eigenvalue weighted by atomic mass is 32.2. The van der Waals surface area contributed by atoms with Gasteiger partial charge in [0.05, 0.1) is 17.6 Å². The van der Waals surface area contributed by atoms with E-state index in [-0.39, 0.29) is 17.2 Å². The largest absolute Gasteiger partial charge is 0.301 e. The van der Waals surface area contributed by atoms with E-state index in [1.54, 1.807) is 16.3 Å². The van der Waals surface area contributed by atoms with Crippen molar-refractivity contribution in [2.24, 2.45) is 0 Å². The Morgan fingerprint density at radius 1 is 1.41 bits per heavy atom. The number of benzene rings is 1. The maximum atomic E-state index is 12.3. The number of rotatable bonds is 5. The fourth-order valence-corrected chi connectivity index (χ4v) is 3.69. The summed E-state index contributed by atoms with van der Waals surface area (Å²) >= 11 is 2.49. The Kier molecular flexibility index (Phi) is 4.73. The Labute approximate surface area is 161 Å². The third kappa shape index (κ3) is 3.76. The van der Waals surface area contributed by atoms with E-state index in [0.717, 1.165) is 23.0 Å². The molecule has 10 heteroatoms. The van der Waals surface area contributed by atoms with E-state index < -0.39 is 0 Å². The summed E-state index contributed by atoms with van der Waals surface area (Å²) < 4.78 is 1.62. The predicted molar refractivity (Wildman–Crippen MR) is 106 cm³/mol. The number of anilines is 1. The van der Waals surface area contributed by atoms with Gasteiger partial charge in [-0.1, -0.05) is 23.9 Å². The van der Waals surface area contributed by atoms with Gasteiger partial charge < -0.3 is 10.3 Å². The van der Waals surface area contributed by atoms with E-state index in [9.17, 15) is 9.59 Å². The lowest BCUT2D eigenvalue weighted by molar-refractivity contribution is -0.113. The van der Waals surface area contributed by atoms with Crippen LogP contribution in [-0.4, -0.2) is 36.4 Å². The molecule has 1 amide bonds. The monoisotopic (exact) mass is 398 g/mol. The standard InChI is InChI=1S/C17H14N6O2S2/c1-10-3-2-4-11(7-10)23-14-12(8-19-23)15(25)22-17(21-14)27-9-13(24)20-16-18-5-6-26-16/h2-8H,9H2,1H3,(H,18,20,24)(H,21,22,25). The van der Waals surface area contributed by atoms with Crippen LogP contribution >= 0.6 is 23.1 Å². The van der Waals surface area contributed by atoms with Crippen molar-refractivity contribution in [1.29, 1.82) is 0 Å². The van der Waals surface area contributed by atoms with Crippen LogP contribution in [0.4, 0.5) is 5.13 Å². The number of nitrogens with zero attached hydrogens (tertiary/aromatic N) is 4. The molecule has 0 fully saturated rings. The van der Waals surface area contributed by atoms with Gasteiger partial charge in [-0.15, -0.1) is 11.3 Å². The number of nitrogens with one attached hydrogen (secondary N) is 2. The van der Waals surface area contributed by atoms with Crippen molar-refractivity contribution in [3.63, 3.8) is 0 Å². The summed E-state index contributed by atoms with van der Waals surface area (Å²) in [4.78, 5) is 35.5. The Morgan fingerprint density at radius 3 is 3.07 bits per heavy atom. The zero-order valence-electron chi connectivity index (χ0n) is 14.2. The van der Waals surface area contributed by atoms with Crippen LogP contribution in [0, 0.1) is 6.92 Å². The van der Waals surface area contributed by atoms with Crippen LogP contribution < -0.4 is 10.9 Å². The van der Waals surface area contributed by atoms with Crippen molar-refractivity contribution >= 4 is 45.2 Å². The van der Waals surface area contributed by atoms with Gasteiger partial charge in [-0.25, -0.2) is 14.6 Å². The molecule has 2 N–H and O–H groups in total. The average molecular weight is 398 g/mol. The first kappa shape index (κ1) is 17.4. The van der Waals surface area contributed by atoms with E-state index in [4.69, 9.17) is 0 Å². The van der Waals surface area contributed by atoms with Gasteiger partial charge >= 0.3 is 0 Å². The molecule has 0 aliphatic heterocycles. The van der Waals surface area contributed by atoms with Crippen LogP contribution in [0.25, 0.3) is 16.7 Å². The van der Waals surface area contributed by atoms with Gasteiger partial charge in [0, 0.05) is 11.6 Å². The lowest BCUT2D eigenvalue weighted by Gasteiger charge is -2.05. The van der Waals surface area contributed by atoms with E-state index in [0.29, 0.717) is 21.3 Å². The Balaban J connectivity index is 1.60. The van der Waals surface area contributed by atoms with Crippen molar-refractivity contribution in [2.75, 3.05) is 11.1 Å². The predicted octanol–water partition coefficient (Wildman–Crippen LogP) is 2.60. The Morgan fingerprint density at radius 2 is 2.30 bits per heavy atom. The molecule has 8 nitrogen and oxygen atoms in total. The molecule has 136 valence electrons. The van der Waals surface area contributed by atoms with Crippen LogP contribution in [-0.2, 0) is 4.79 Å². The third-order valence-corrected chi connectivity index (χ3v) is 5.24. The summed E-state index contributed by atoms with van der Waals surface area (Å²) in [6.45, 7) is 1.98. The highest BCUT2D eigenvalue weighted by molar-refractivity contribution is 7.99. The minimum atomic E-state index is -0.290. The fraction of sp³-hybridized carbons (Fsp3) is 0.118. The van der Waals surface area contributed by atoms with Gasteiger partial charge in [0.25, 0.3) is 5.56 Å². The summed E-state index contributed by atoms with van der Waals surface area (Å²) in [7, 11) is 0. The zero-order valence-corrected chi connectivity index (χ0v) is 15.8. The number of carbonyl (C=O) groups excluding carboxylic acids is 1. The van der Waals surface area contributed by atoms with Gasteiger partial charge in [0.1, 0.15) is 5.39 Å². The van der Waals surface area contributed by atoms with E-state index >= 15 is 0 Å². The number of hydrogen-bond donors (Lipinski definition) is 2. The second-order valence-corrected chi connectivity index (χ2v) is 7.54. The zero-order chi connectivity index (χ0) is 18.8. The molecule has 0 saturated carbocycles. The number of thiazole rings is 1. The molecule has 0 bridgehead atoms. The first-order valence-electron chi connectivity index (χ1n) is 7.97. The van der Waals surface area contributed by atoms with Crippen LogP contribution in [0.3, 0.4) is 0 Å². The number of aromatic nitrogens is 5. The summed E-state index contributed by atoms with van der Waals surface area (Å²) in [5.74, 6) is -0.114. The summed E-state index contributed by atoms with van der Waals surface area (Å²) in [6, 6.07) is 7.77. The van der Waals surface area contributed by atoms with Crippen molar-refractivity contribution < 1.29 is 4.79 Å². The van der Waals surface area contributed by atoms with Crippen molar-refractivity contribution in [1.82, 2.24) is 24.7 Å². The normalized spacial score (nSPS) is 11.0. The molecule has 1 aromatic carbocycles. The van der Waals surface area contributed by atoms with Crippen LogP contribution in [0.5, 0.6) is 0 Å². The summed E-state index contributed by atoms with van der Waals surface area (Å²) in [5, 5.41) is 10.1. The molecule has 27 heavy (non-hydrogen) atoms. The molecule has 3 aromatic heterocycles. The van der Waals surface area contributed by atoms with Crippen molar-refractivity contribution in [2.45, 2.75) is 12.1 Å². The summed E-state index contributed by atoms with van der Waals surface area (Å²) in [6.07, 6.45) is 3.11. The van der Waals surface area contributed by atoms with Gasteiger partial charge in [-0.2, -0.15) is 5.10 Å². The van der Waals surface area contributed by atoms with E-state index in [1.807, 2.05) is 31.2 Å². The fourth-order valence-electron chi connectivity index (χ4n) is 2.49. The number of thioether (sulfide) groups is 1. The van der Waals surface area contributed by atoms with Crippen molar-refractivity contribution in [3.05, 3.63) is 58.0 Å². The number of hydrogen-bond acceptors (Lipinski definition) is 7. The molecule has 4 rings (SSSR count). The average Bonchev–Trinajstić information content (AvgIpc) is 3.30. The molecule has 0 aliphatic rings. The highest BCUT2D eigenvalue weighted by Gasteiger charge is 2.13. The number of carbonyl (C=O) groups is 1. The number of amides is 1. The lowest BCUT2D eigenvalue weighted by Crippen LogP contribution is -2.15. The van der Waals surface area contributed by atoms with E-state index in [2.05, 4.69) is 25.4 Å². The molecule has 3 heterocycles. The van der Waals surface area contributed by atoms with Crippen LogP contribution in [0.1, 0.15) is 5.56 Å². The first-order chi connectivity index (χ1) is 13.1. The van der Waals surface area contributed by atoms with Gasteiger partial charge in [0.2, 0.25) is 5.91 Å². The number of aromatic amines is 1. The number of aryl methyl sites for hydroxylation is 1. The Hall–Kier alpha value is -2.98. The van der Waals surface area contributed by atoms with Crippen LogP contribution in [0.15, 0.2) is 52.0 Å². The summed E-state index contributed by atoms with van der Waals surface area (Å²) in [5.41, 5.74) is 2.06. The molecule has 0 aliphatic carbocycles. The number of fused-ring (bicyclic) bond motifs is 1. The second-order valence-electron chi connectivity index (χ2n) is 5.68. The molecule has 0 unspecified atom stereocenters.